The van der Waals surface area contributed by atoms with Gasteiger partial charge in [0, 0.05) is 18.5 Å². The molecule has 5 nitrogen and oxygen atoms in total. The Hall–Kier alpha value is -2.69. The monoisotopic (exact) mass is 297 g/mol. The van der Waals surface area contributed by atoms with Gasteiger partial charge in [0.15, 0.2) is 11.5 Å². The lowest BCUT2D eigenvalue weighted by Crippen LogP contribution is -2.22. The predicted molar refractivity (Wildman–Crippen MR) is 79.4 cm³/mol. The fourth-order valence-corrected chi connectivity index (χ4v) is 2.67. The lowest BCUT2D eigenvalue weighted by atomic mass is 10.1. The molecule has 0 aromatic heterocycles. The molecule has 1 N–H and O–H groups in total. The lowest BCUT2D eigenvalue weighted by Gasteiger charge is -2.07. The zero-order chi connectivity index (χ0) is 14.9. The summed E-state index contributed by atoms with van der Waals surface area (Å²) in [5.74, 6) is 2.11. The zero-order valence-electron chi connectivity index (χ0n) is 11.9. The number of ether oxygens (including phenoxy) is 3. The van der Waals surface area contributed by atoms with Crippen LogP contribution in [0.2, 0.25) is 0 Å². The van der Waals surface area contributed by atoms with E-state index >= 15 is 0 Å². The van der Waals surface area contributed by atoms with E-state index in [-0.39, 0.29) is 12.7 Å². The smallest absolute Gasteiger partial charge is 0.251 e. The summed E-state index contributed by atoms with van der Waals surface area (Å²) in [7, 11) is 0. The molecule has 4 rings (SSSR count). The molecule has 0 fully saturated rings. The van der Waals surface area contributed by atoms with E-state index in [1.165, 1.54) is 5.56 Å². The molecule has 2 aromatic carbocycles. The maximum atomic E-state index is 12.2. The molecule has 2 heterocycles. The molecule has 0 unspecified atom stereocenters. The second kappa shape index (κ2) is 5.26. The molecule has 0 radical (unpaired) electrons. The van der Waals surface area contributed by atoms with Crippen molar-refractivity contribution in [3.63, 3.8) is 0 Å². The molecule has 22 heavy (non-hydrogen) atoms. The van der Waals surface area contributed by atoms with Crippen LogP contribution in [0, 0.1) is 0 Å². The summed E-state index contributed by atoms with van der Waals surface area (Å²) in [6.07, 6.45) is 0.930. The van der Waals surface area contributed by atoms with Gasteiger partial charge in [0.1, 0.15) is 5.75 Å². The minimum atomic E-state index is -0.130. The molecule has 1 amide bonds. The van der Waals surface area contributed by atoms with E-state index in [9.17, 15) is 4.79 Å². The van der Waals surface area contributed by atoms with E-state index in [1.807, 2.05) is 12.1 Å². The van der Waals surface area contributed by atoms with Crippen molar-refractivity contribution >= 4 is 5.91 Å². The normalized spacial score (nSPS) is 14.4. The van der Waals surface area contributed by atoms with Crippen LogP contribution in [-0.2, 0) is 13.0 Å². The number of hydrogen-bond acceptors (Lipinski definition) is 4. The number of carbonyl (C=O) groups is 1. The van der Waals surface area contributed by atoms with Crippen LogP contribution >= 0.6 is 0 Å². The van der Waals surface area contributed by atoms with Crippen LogP contribution in [0.15, 0.2) is 36.4 Å². The summed E-state index contributed by atoms with van der Waals surface area (Å²) in [4.78, 5) is 12.2. The first-order chi connectivity index (χ1) is 10.8. The molecule has 2 aliphatic heterocycles. The van der Waals surface area contributed by atoms with E-state index in [1.54, 1.807) is 18.2 Å². The molecule has 0 aliphatic carbocycles. The molecule has 0 spiro atoms. The number of fused-ring (bicyclic) bond motifs is 2. The third-order valence-corrected chi connectivity index (χ3v) is 3.84. The van der Waals surface area contributed by atoms with Gasteiger partial charge in [-0.15, -0.1) is 0 Å². The number of hydrogen-bond donors (Lipinski definition) is 1. The van der Waals surface area contributed by atoms with Gasteiger partial charge in [-0.05, 0) is 35.4 Å². The number of rotatable bonds is 3. The second-order valence-electron chi connectivity index (χ2n) is 5.29. The highest BCUT2D eigenvalue weighted by atomic mass is 16.7. The first kappa shape index (κ1) is 13.0. The summed E-state index contributed by atoms with van der Waals surface area (Å²) in [5, 5.41) is 2.92. The van der Waals surface area contributed by atoms with Crippen molar-refractivity contribution in [2.45, 2.75) is 13.0 Å². The van der Waals surface area contributed by atoms with Crippen molar-refractivity contribution < 1.29 is 19.0 Å². The molecule has 112 valence electrons. The first-order valence-electron chi connectivity index (χ1n) is 7.22. The van der Waals surface area contributed by atoms with Crippen molar-refractivity contribution in [2.24, 2.45) is 0 Å². The maximum Gasteiger partial charge on any atom is 0.251 e. The van der Waals surface area contributed by atoms with Crippen LogP contribution in [-0.4, -0.2) is 19.3 Å². The van der Waals surface area contributed by atoms with Gasteiger partial charge in [-0.1, -0.05) is 12.1 Å². The Kier molecular flexibility index (Phi) is 3.11. The summed E-state index contributed by atoms with van der Waals surface area (Å²) in [6.45, 7) is 1.43. The summed E-state index contributed by atoms with van der Waals surface area (Å²) >= 11 is 0. The highest BCUT2D eigenvalue weighted by molar-refractivity contribution is 5.94. The van der Waals surface area contributed by atoms with Gasteiger partial charge in [-0.2, -0.15) is 0 Å². The number of nitrogens with one attached hydrogen (secondary N) is 1. The van der Waals surface area contributed by atoms with Crippen LogP contribution in [0.25, 0.3) is 0 Å². The minimum absolute atomic E-state index is 0.130. The quantitative estimate of drug-likeness (QED) is 0.944. The van der Waals surface area contributed by atoms with Gasteiger partial charge in [-0.25, -0.2) is 0 Å². The van der Waals surface area contributed by atoms with Gasteiger partial charge in [0.05, 0.1) is 6.61 Å². The van der Waals surface area contributed by atoms with Crippen LogP contribution in [0.5, 0.6) is 17.2 Å². The predicted octanol–water partition coefficient (Wildman–Crippen LogP) is 2.28. The van der Waals surface area contributed by atoms with E-state index in [0.29, 0.717) is 23.6 Å². The Morgan fingerprint density at radius 1 is 1.00 bits per heavy atom. The van der Waals surface area contributed by atoms with Crippen LogP contribution in [0.3, 0.4) is 0 Å². The van der Waals surface area contributed by atoms with Gasteiger partial charge in [-0.3, -0.25) is 4.79 Å². The van der Waals surface area contributed by atoms with Gasteiger partial charge in [0.25, 0.3) is 5.91 Å². The fraction of sp³-hybridized carbons (Fsp3) is 0.235. The molecule has 0 saturated heterocycles. The lowest BCUT2D eigenvalue weighted by molar-refractivity contribution is 0.0950. The van der Waals surface area contributed by atoms with E-state index < -0.39 is 0 Å². The fourth-order valence-electron chi connectivity index (χ4n) is 2.67. The van der Waals surface area contributed by atoms with Crippen molar-refractivity contribution in [1.29, 1.82) is 0 Å². The SMILES string of the molecule is O=C(NCc1ccc2c(c1)CCO2)c1ccc2c(c1)OCO2. The van der Waals surface area contributed by atoms with Crippen molar-refractivity contribution in [1.82, 2.24) is 5.32 Å². The third kappa shape index (κ3) is 2.35. The van der Waals surface area contributed by atoms with Crippen molar-refractivity contribution in [3.05, 3.63) is 53.1 Å². The molecule has 5 heteroatoms. The van der Waals surface area contributed by atoms with Gasteiger partial charge in [0.2, 0.25) is 6.79 Å². The second-order valence-corrected chi connectivity index (χ2v) is 5.29. The van der Waals surface area contributed by atoms with E-state index in [0.717, 1.165) is 24.3 Å². The zero-order valence-corrected chi connectivity index (χ0v) is 11.9. The van der Waals surface area contributed by atoms with Gasteiger partial charge >= 0.3 is 0 Å². The average Bonchev–Trinajstić information content (AvgIpc) is 3.19. The van der Waals surface area contributed by atoms with Crippen LogP contribution < -0.4 is 19.5 Å². The number of carbonyl (C=O) groups excluding carboxylic acids is 1. The third-order valence-electron chi connectivity index (χ3n) is 3.84. The Bertz CT molecular complexity index is 741. The van der Waals surface area contributed by atoms with Gasteiger partial charge < -0.3 is 19.5 Å². The molecule has 0 saturated carbocycles. The molecule has 2 aromatic rings. The maximum absolute atomic E-state index is 12.2. The summed E-state index contributed by atoms with van der Waals surface area (Å²) < 4.78 is 16.0. The highest BCUT2D eigenvalue weighted by Gasteiger charge is 2.16. The Morgan fingerprint density at radius 3 is 2.82 bits per heavy atom. The van der Waals surface area contributed by atoms with Crippen molar-refractivity contribution in [2.75, 3.05) is 13.4 Å². The molecule has 0 atom stereocenters. The summed E-state index contributed by atoms with van der Waals surface area (Å²) in [5.41, 5.74) is 2.84. The topological polar surface area (TPSA) is 56.8 Å². The standard InChI is InChI=1S/C17H15NO4/c19-17(13-2-4-15-16(8-13)22-10-21-15)18-9-11-1-3-14-12(7-11)5-6-20-14/h1-4,7-8H,5-6,9-10H2,(H,18,19). The van der Waals surface area contributed by atoms with Crippen LogP contribution in [0.1, 0.15) is 21.5 Å². The number of amides is 1. The average molecular weight is 297 g/mol. The largest absolute Gasteiger partial charge is 0.493 e. The Labute approximate surface area is 127 Å². The Balaban J connectivity index is 1.44. The minimum Gasteiger partial charge on any atom is -0.493 e. The number of benzene rings is 2. The Morgan fingerprint density at radius 2 is 1.86 bits per heavy atom. The van der Waals surface area contributed by atoms with Crippen molar-refractivity contribution in [3.8, 4) is 17.2 Å². The molecular formula is C17H15NO4. The van der Waals surface area contributed by atoms with E-state index in [4.69, 9.17) is 14.2 Å². The molecule has 2 aliphatic rings. The van der Waals surface area contributed by atoms with Crippen LogP contribution in [0.4, 0.5) is 0 Å². The molecular weight excluding hydrogens is 282 g/mol. The highest BCUT2D eigenvalue weighted by Crippen LogP contribution is 2.32. The first-order valence-corrected chi connectivity index (χ1v) is 7.22. The summed E-state index contributed by atoms with van der Waals surface area (Å²) in [6, 6.07) is 11.2. The van der Waals surface area contributed by atoms with E-state index in [2.05, 4.69) is 11.4 Å². The molecule has 0 bridgehead atoms.